The van der Waals surface area contributed by atoms with Gasteiger partial charge in [-0.2, -0.15) is 0 Å². The standard InChI is InChI=1S/C25H26N4O2/c1-3-28(16-23-26-21-14-8-7-13-20(21)25(31)27-23)17-24(30)29(4-2)22-15-9-11-18-10-5-6-12-19(18)22/h5-15H,3-4,16-17H2,1-2H3,(H,26,27,31). The zero-order valence-electron chi connectivity index (χ0n) is 17.8. The van der Waals surface area contributed by atoms with Gasteiger partial charge in [-0.05, 0) is 37.1 Å². The lowest BCUT2D eigenvalue weighted by molar-refractivity contribution is -0.119. The Kier molecular flexibility index (Phi) is 6.09. The number of amides is 1. The fourth-order valence-electron chi connectivity index (χ4n) is 3.90. The van der Waals surface area contributed by atoms with Gasteiger partial charge in [0.15, 0.2) is 0 Å². The number of fused-ring (bicyclic) bond motifs is 2. The van der Waals surface area contributed by atoms with Crippen LogP contribution in [0.1, 0.15) is 19.7 Å². The van der Waals surface area contributed by atoms with Crippen molar-refractivity contribution in [3.8, 4) is 0 Å². The molecule has 0 fully saturated rings. The molecule has 6 heteroatoms. The van der Waals surface area contributed by atoms with Crippen molar-refractivity contribution in [1.82, 2.24) is 14.9 Å². The van der Waals surface area contributed by atoms with Crippen LogP contribution in [0.2, 0.25) is 0 Å². The summed E-state index contributed by atoms with van der Waals surface area (Å²) in [5.41, 5.74) is 1.42. The molecular formula is C25H26N4O2. The number of carbonyl (C=O) groups excluding carboxylic acids is 1. The van der Waals surface area contributed by atoms with Crippen molar-refractivity contribution >= 4 is 33.3 Å². The largest absolute Gasteiger partial charge is 0.311 e. The predicted molar refractivity (Wildman–Crippen MR) is 125 cm³/mol. The molecule has 0 bridgehead atoms. The summed E-state index contributed by atoms with van der Waals surface area (Å²) in [6.45, 7) is 5.86. The number of carbonyl (C=O) groups is 1. The molecule has 0 aliphatic rings. The summed E-state index contributed by atoms with van der Waals surface area (Å²) in [4.78, 5) is 36.9. The maximum atomic E-state index is 13.2. The lowest BCUT2D eigenvalue weighted by atomic mass is 10.1. The topological polar surface area (TPSA) is 69.3 Å². The van der Waals surface area contributed by atoms with E-state index in [1.54, 1.807) is 6.07 Å². The summed E-state index contributed by atoms with van der Waals surface area (Å²) in [6.07, 6.45) is 0. The number of hydrogen-bond acceptors (Lipinski definition) is 4. The van der Waals surface area contributed by atoms with Crippen LogP contribution in [0.15, 0.2) is 71.5 Å². The Morgan fingerprint density at radius 1 is 0.903 bits per heavy atom. The van der Waals surface area contributed by atoms with E-state index in [1.165, 1.54) is 0 Å². The molecule has 0 radical (unpaired) electrons. The van der Waals surface area contributed by atoms with E-state index in [0.717, 1.165) is 16.5 Å². The first kappa shape index (κ1) is 20.8. The number of hydrogen-bond donors (Lipinski definition) is 1. The van der Waals surface area contributed by atoms with Crippen molar-refractivity contribution in [2.75, 3.05) is 24.5 Å². The highest BCUT2D eigenvalue weighted by molar-refractivity contribution is 6.04. The van der Waals surface area contributed by atoms with Crippen LogP contribution in [0.25, 0.3) is 21.7 Å². The molecule has 0 spiro atoms. The second-order valence-electron chi connectivity index (χ2n) is 7.47. The van der Waals surface area contributed by atoms with Crippen molar-refractivity contribution in [2.24, 2.45) is 0 Å². The first-order valence-corrected chi connectivity index (χ1v) is 10.6. The summed E-state index contributed by atoms with van der Waals surface area (Å²) in [7, 11) is 0. The Morgan fingerprint density at radius 2 is 1.61 bits per heavy atom. The number of para-hydroxylation sites is 1. The van der Waals surface area contributed by atoms with Crippen LogP contribution in [0.3, 0.4) is 0 Å². The SMILES string of the molecule is CCN(CC(=O)N(CC)c1cccc2ccccc12)Cc1nc2ccccc2c(=O)[nH]1. The second kappa shape index (κ2) is 9.10. The van der Waals surface area contributed by atoms with Crippen LogP contribution in [0.4, 0.5) is 5.69 Å². The minimum Gasteiger partial charge on any atom is -0.311 e. The molecule has 0 unspecified atom stereocenters. The van der Waals surface area contributed by atoms with Gasteiger partial charge in [-0.25, -0.2) is 4.98 Å². The Balaban J connectivity index is 1.56. The molecule has 4 rings (SSSR count). The predicted octanol–water partition coefficient (Wildman–Crippen LogP) is 3.95. The number of aromatic amines is 1. The molecule has 1 heterocycles. The van der Waals surface area contributed by atoms with E-state index in [1.807, 2.05) is 72.2 Å². The highest BCUT2D eigenvalue weighted by Gasteiger charge is 2.19. The molecule has 1 aromatic heterocycles. The number of benzene rings is 3. The van der Waals surface area contributed by atoms with Gasteiger partial charge in [0, 0.05) is 11.9 Å². The van der Waals surface area contributed by atoms with Crippen molar-refractivity contribution in [2.45, 2.75) is 20.4 Å². The fraction of sp³-hybridized carbons (Fsp3) is 0.240. The van der Waals surface area contributed by atoms with Gasteiger partial charge < -0.3 is 9.88 Å². The van der Waals surface area contributed by atoms with Crippen LogP contribution in [0.5, 0.6) is 0 Å². The number of likely N-dealkylation sites (N-methyl/N-ethyl adjacent to an activating group) is 2. The van der Waals surface area contributed by atoms with Crippen LogP contribution in [-0.4, -0.2) is 40.4 Å². The Hall–Kier alpha value is -3.51. The van der Waals surface area contributed by atoms with E-state index >= 15 is 0 Å². The minimum atomic E-state index is -0.158. The number of nitrogens with one attached hydrogen (secondary N) is 1. The van der Waals surface area contributed by atoms with Gasteiger partial charge in [0.2, 0.25) is 5.91 Å². The van der Waals surface area contributed by atoms with Gasteiger partial charge in [-0.1, -0.05) is 55.5 Å². The van der Waals surface area contributed by atoms with Gasteiger partial charge in [0.25, 0.3) is 5.56 Å². The van der Waals surface area contributed by atoms with Gasteiger partial charge in [-0.3, -0.25) is 14.5 Å². The number of rotatable bonds is 7. The molecule has 0 saturated heterocycles. The molecule has 3 aromatic carbocycles. The van der Waals surface area contributed by atoms with Gasteiger partial charge in [0.05, 0.1) is 29.7 Å². The number of aromatic nitrogens is 2. The lowest BCUT2D eigenvalue weighted by Crippen LogP contribution is -2.40. The number of H-pyrrole nitrogens is 1. The minimum absolute atomic E-state index is 0.0174. The molecule has 1 N–H and O–H groups in total. The van der Waals surface area contributed by atoms with E-state index in [-0.39, 0.29) is 18.0 Å². The molecule has 0 aliphatic heterocycles. The molecular weight excluding hydrogens is 388 g/mol. The van der Waals surface area contributed by atoms with Crippen LogP contribution >= 0.6 is 0 Å². The molecule has 0 atom stereocenters. The van der Waals surface area contributed by atoms with Gasteiger partial charge in [0.1, 0.15) is 5.82 Å². The van der Waals surface area contributed by atoms with Crippen molar-refractivity contribution in [3.63, 3.8) is 0 Å². The third kappa shape index (κ3) is 4.34. The molecule has 6 nitrogen and oxygen atoms in total. The Bertz CT molecular complexity index is 1280. The molecule has 158 valence electrons. The highest BCUT2D eigenvalue weighted by Crippen LogP contribution is 2.26. The molecule has 31 heavy (non-hydrogen) atoms. The highest BCUT2D eigenvalue weighted by atomic mass is 16.2. The van der Waals surface area contributed by atoms with Crippen molar-refractivity contribution < 1.29 is 4.79 Å². The van der Waals surface area contributed by atoms with E-state index in [4.69, 9.17) is 0 Å². The molecule has 4 aromatic rings. The van der Waals surface area contributed by atoms with Crippen molar-refractivity contribution in [3.05, 3.63) is 82.9 Å². The van der Waals surface area contributed by atoms with Gasteiger partial charge in [-0.15, -0.1) is 0 Å². The quantitative estimate of drug-likeness (QED) is 0.497. The summed E-state index contributed by atoms with van der Waals surface area (Å²) in [5, 5.41) is 2.73. The molecule has 1 amide bonds. The van der Waals surface area contributed by atoms with Crippen LogP contribution < -0.4 is 10.5 Å². The van der Waals surface area contributed by atoms with E-state index in [0.29, 0.717) is 36.4 Å². The normalized spacial score (nSPS) is 11.3. The third-order valence-corrected chi connectivity index (χ3v) is 5.52. The summed E-state index contributed by atoms with van der Waals surface area (Å²) in [6, 6.07) is 21.4. The van der Waals surface area contributed by atoms with Gasteiger partial charge >= 0.3 is 0 Å². The van der Waals surface area contributed by atoms with Crippen LogP contribution in [0, 0.1) is 0 Å². The average molecular weight is 415 g/mol. The maximum absolute atomic E-state index is 13.2. The molecule has 0 aliphatic carbocycles. The first-order valence-electron chi connectivity index (χ1n) is 10.6. The number of nitrogens with zero attached hydrogens (tertiary/aromatic N) is 3. The Labute approximate surface area is 181 Å². The van der Waals surface area contributed by atoms with Crippen LogP contribution in [-0.2, 0) is 11.3 Å². The molecule has 0 saturated carbocycles. The fourth-order valence-corrected chi connectivity index (χ4v) is 3.90. The van der Waals surface area contributed by atoms with E-state index in [9.17, 15) is 9.59 Å². The average Bonchev–Trinajstić information content (AvgIpc) is 2.79. The summed E-state index contributed by atoms with van der Waals surface area (Å²) >= 11 is 0. The zero-order chi connectivity index (χ0) is 21.8. The zero-order valence-corrected chi connectivity index (χ0v) is 17.8. The number of anilines is 1. The van der Waals surface area contributed by atoms with E-state index < -0.39 is 0 Å². The lowest BCUT2D eigenvalue weighted by Gasteiger charge is -2.26. The first-order chi connectivity index (χ1) is 15.1. The Morgan fingerprint density at radius 3 is 2.39 bits per heavy atom. The summed E-state index contributed by atoms with van der Waals surface area (Å²) in [5.74, 6) is 0.579. The van der Waals surface area contributed by atoms with E-state index in [2.05, 4.69) is 22.1 Å². The smallest absolute Gasteiger partial charge is 0.258 e. The second-order valence-corrected chi connectivity index (χ2v) is 7.47. The van der Waals surface area contributed by atoms with Crippen molar-refractivity contribution in [1.29, 1.82) is 0 Å². The maximum Gasteiger partial charge on any atom is 0.258 e. The summed E-state index contributed by atoms with van der Waals surface area (Å²) < 4.78 is 0. The monoisotopic (exact) mass is 414 g/mol. The third-order valence-electron chi connectivity index (χ3n) is 5.52.